The summed E-state index contributed by atoms with van der Waals surface area (Å²) in [6.45, 7) is 0. The molecule has 0 saturated carbocycles. The summed E-state index contributed by atoms with van der Waals surface area (Å²) in [5, 5.41) is -0.464. The van der Waals surface area contributed by atoms with E-state index in [0.29, 0.717) is 6.07 Å². The number of halogens is 4. The van der Waals surface area contributed by atoms with Crippen molar-refractivity contribution in [3.63, 3.8) is 0 Å². The zero-order chi connectivity index (χ0) is 15.8. The van der Waals surface area contributed by atoms with E-state index in [0.717, 1.165) is 12.1 Å². The molecule has 2 aromatic rings. The number of anilines is 2. The van der Waals surface area contributed by atoms with Crippen LogP contribution in [0.1, 0.15) is 0 Å². The van der Waals surface area contributed by atoms with Gasteiger partial charge in [-0.2, -0.15) is 0 Å². The largest absolute Gasteiger partial charge is 0.399 e. The summed E-state index contributed by atoms with van der Waals surface area (Å²) in [5.41, 5.74) is 5.09. The van der Waals surface area contributed by atoms with Gasteiger partial charge < -0.3 is 5.73 Å². The summed E-state index contributed by atoms with van der Waals surface area (Å²) in [4.78, 5) is -0.469. The molecule has 2 aromatic carbocycles. The molecule has 0 fully saturated rings. The predicted octanol–water partition coefficient (Wildman–Crippen LogP) is 3.65. The maximum Gasteiger partial charge on any atom is 0.264 e. The summed E-state index contributed by atoms with van der Waals surface area (Å²) in [6.07, 6.45) is 0. The smallest absolute Gasteiger partial charge is 0.264 e. The Morgan fingerprint density at radius 1 is 1.05 bits per heavy atom. The van der Waals surface area contributed by atoms with Crippen LogP contribution in [0.3, 0.4) is 0 Å². The van der Waals surface area contributed by atoms with Crippen LogP contribution in [0.4, 0.5) is 20.2 Å². The van der Waals surface area contributed by atoms with Gasteiger partial charge in [0, 0.05) is 11.8 Å². The third-order valence-electron chi connectivity index (χ3n) is 2.46. The second-order valence-corrected chi connectivity index (χ2v) is 6.48. The topological polar surface area (TPSA) is 72.2 Å². The van der Waals surface area contributed by atoms with Crippen molar-refractivity contribution < 1.29 is 17.2 Å². The molecule has 112 valence electrons. The minimum Gasteiger partial charge on any atom is -0.399 e. The number of nitrogens with one attached hydrogen (secondary N) is 1. The summed E-state index contributed by atoms with van der Waals surface area (Å²) in [5.74, 6) is -1.74. The normalized spacial score (nSPS) is 11.4. The van der Waals surface area contributed by atoms with Crippen LogP contribution in [-0.2, 0) is 10.0 Å². The minimum atomic E-state index is -4.31. The van der Waals surface area contributed by atoms with Crippen LogP contribution >= 0.6 is 23.2 Å². The minimum absolute atomic E-state index is 0.167. The van der Waals surface area contributed by atoms with Crippen molar-refractivity contribution in [1.29, 1.82) is 0 Å². The van der Waals surface area contributed by atoms with Crippen molar-refractivity contribution in [2.24, 2.45) is 0 Å². The highest BCUT2D eigenvalue weighted by molar-refractivity contribution is 7.93. The molecule has 3 N–H and O–H groups in total. The molecule has 0 atom stereocenters. The Hall–Kier alpha value is -1.57. The van der Waals surface area contributed by atoms with E-state index in [-0.39, 0.29) is 15.7 Å². The van der Waals surface area contributed by atoms with Crippen LogP contribution in [0, 0.1) is 11.6 Å². The number of sulfonamides is 1. The van der Waals surface area contributed by atoms with Crippen molar-refractivity contribution in [3.05, 3.63) is 52.0 Å². The number of nitrogens with two attached hydrogens (primary N) is 1. The Balaban J connectivity index is 2.51. The maximum absolute atomic E-state index is 13.5. The molecule has 0 aliphatic rings. The summed E-state index contributed by atoms with van der Waals surface area (Å²) in [6, 6.07) is 4.72. The van der Waals surface area contributed by atoms with Gasteiger partial charge in [-0.1, -0.05) is 23.2 Å². The zero-order valence-corrected chi connectivity index (χ0v) is 12.5. The van der Waals surface area contributed by atoms with Gasteiger partial charge in [-0.25, -0.2) is 17.2 Å². The van der Waals surface area contributed by atoms with E-state index < -0.39 is 32.2 Å². The molecule has 0 spiro atoms. The third kappa shape index (κ3) is 3.37. The number of hydrogen-bond acceptors (Lipinski definition) is 3. The van der Waals surface area contributed by atoms with Gasteiger partial charge in [-0.05, 0) is 24.3 Å². The van der Waals surface area contributed by atoms with Gasteiger partial charge in [0.05, 0.1) is 15.7 Å². The highest BCUT2D eigenvalue weighted by Gasteiger charge is 2.23. The Morgan fingerprint density at radius 2 is 1.62 bits per heavy atom. The first-order valence-electron chi connectivity index (χ1n) is 5.43. The number of nitrogen functional groups attached to an aromatic ring is 1. The van der Waals surface area contributed by atoms with Gasteiger partial charge in [-0.3, -0.25) is 4.72 Å². The first-order chi connectivity index (χ1) is 9.70. The van der Waals surface area contributed by atoms with Gasteiger partial charge >= 0.3 is 0 Å². The molecule has 21 heavy (non-hydrogen) atoms. The van der Waals surface area contributed by atoms with Gasteiger partial charge in [0.1, 0.15) is 16.5 Å². The molecule has 4 nitrogen and oxygen atoms in total. The lowest BCUT2D eigenvalue weighted by Gasteiger charge is -2.12. The molecule has 0 radical (unpaired) electrons. The van der Waals surface area contributed by atoms with E-state index in [1.807, 2.05) is 4.72 Å². The molecular formula is C12H8Cl2F2N2O2S. The summed E-state index contributed by atoms with van der Waals surface area (Å²) < 4.78 is 52.9. The molecule has 0 aromatic heterocycles. The second-order valence-electron chi connectivity index (χ2n) is 4.04. The highest BCUT2D eigenvalue weighted by Crippen LogP contribution is 2.33. The lowest BCUT2D eigenvalue weighted by molar-refractivity contribution is 0.594. The van der Waals surface area contributed by atoms with Crippen LogP contribution in [0.5, 0.6) is 0 Å². The number of benzene rings is 2. The fourth-order valence-electron chi connectivity index (χ4n) is 1.61. The van der Waals surface area contributed by atoms with Crippen molar-refractivity contribution >= 4 is 44.6 Å². The Kier molecular flexibility index (Phi) is 4.27. The molecule has 0 aliphatic heterocycles. The molecule has 0 unspecified atom stereocenters. The van der Waals surface area contributed by atoms with Crippen LogP contribution in [0.15, 0.2) is 35.2 Å². The van der Waals surface area contributed by atoms with Gasteiger partial charge in [0.25, 0.3) is 10.0 Å². The van der Waals surface area contributed by atoms with Crippen molar-refractivity contribution in [1.82, 2.24) is 0 Å². The van der Waals surface area contributed by atoms with E-state index in [1.165, 1.54) is 12.1 Å². The molecule has 0 bridgehead atoms. The van der Waals surface area contributed by atoms with Gasteiger partial charge in [-0.15, -0.1) is 0 Å². The Morgan fingerprint density at radius 3 is 2.19 bits per heavy atom. The van der Waals surface area contributed by atoms with Gasteiger partial charge in [0.15, 0.2) is 0 Å². The lowest BCUT2D eigenvalue weighted by atomic mass is 10.3. The van der Waals surface area contributed by atoms with Crippen LogP contribution < -0.4 is 10.5 Å². The van der Waals surface area contributed by atoms with E-state index in [1.54, 1.807) is 0 Å². The first kappa shape index (κ1) is 15.8. The van der Waals surface area contributed by atoms with Crippen molar-refractivity contribution in [2.75, 3.05) is 10.5 Å². The fourth-order valence-corrected chi connectivity index (χ4v) is 3.90. The highest BCUT2D eigenvalue weighted by atomic mass is 35.5. The standard InChI is InChI=1S/C12H8Cl2F2N2O2S/c13-8-4-7(17)5-9(14)12(8)21(19,20)18-11-3-6(15)1-2-10(11)16/h1-5,18H,17H2. The van der Waals surface area contributed by atoms with E-state index in [4.69, 9.17) is 28.9 Å². The maximum atomic E-state index is 13.5. The van der Waals surface area contributed by atoms with Crippen molar-refractivity contribution in [2.45, 2.75) is 4.90 Å². The molecule has 0 heterocycles. The lowest BCUT2D eigenvalue weighted by Crippen LogP contribution is -2.15. The molecular weight excluding hydrogens is 345 g/mol. The van der Waals surface area contributed by atoms with Crippen LogP contribution in [0.25, 0.3) is 0 Å². The second kappa shape index (κ2) is 5.67. The third-order valence-corrected chi connectivity index (χ3v) is 4.75. The average molecular weight is 353 g/mol. The van der Waals surface area contributed by atoms with Crippen LogP contribution in [-0.4, -0.2) is 8.42 Å². The predicted molar refractivity (Wildman–Crippen MR) is 78.0 cm³/mol. The first-order valence-corrected chi connectivity index (χ1v) is 7.67. The molecule has 0 aliphatic carbocycles. The van der Waals surface area contributed by atoms with E-state index in [9.17, 15) is 17.2 Å². The van der Waals surface area contributed by atoms with E-state index in [2.05, 4.69) is 0 Å². The molecule has 2 rings (SSSR count). The number of hydrogen-bond donors (Lipinski definition) is 2. The van der Waals surface area contributed by atoms with E-state index >= 15 is 0 Å². The van der Waals surface area contributed by atoms with Crippen molar-refractivity contribution in [3.8, 4) is 0 Å². The Bertz CT molecular complexity index is 790. The average Bonchev–Trinajstić information content (AvgIpc) is 2.31. The molecule has 0 saturated heterocycles. The fraction of sp³-hybridized carbons (Fsp3) is 0. The monoisotopic (exact) mass is 352 g/mol. The Labute approximate surface area is 129 Å². The molecule has 0 amide bonds. The van der Waals surface area contributed by atoms with Gasteiger partial charge in [0.2, 0.25) is 0 Å². The number of rotatable bonds is 3. The quantitative estimate of drug-likeness (QED) is 0.828. The van der Waals surface area contributed by atoms with Crippen LogP contribution in [0.2, 0.25) is 10.0 Å². The molecule has 9 heteroatoms. The zero-order valence-electron chi connectivity index (χ0n) is 10.2. The SMILES string of the molecule is Nc1cc(Cl)c(S(=O)(=O)Nc2cc(F)ccc2F)c(Cl)c1. The summed E-state index contributed by atoms with van der Waals surface area (Å²) in [7, 11) is -4.31. The summed E-state index contributed by atoms with van der Waals surface area (Å²) >= 11 is 11.6.